The maximum absolute atomic E-state index is 15.0. The quantitative estimate of drug-likeness (QED) is 0.0112. The summed E-state index contributed by atoms with van der Waals surface area (Å²) in [4.78, 5) is 181. The van der Waals surface area contributed by atoms with Gasteiger partial charge in [-0.15, -0.1) is 0 Å². The number of hydrogen-bond donors (Lipinski definition) is 23. The normalized spacial score (nSPS) is 13.8. The fraction of sp³-hybridized carbons (Fsp3) is 0.515. The van der Waals surface area contributed by atoms with E-state index in [2.05, 4.69) is 82.8 Å². The third-order valence-corrected chi connectivity index (χ3v) is 16.4. The molecule has 0 saturated heterocycles. The number of nitrogens with zero attached hydrogens (tertiary/aromatic N) is 5. The van der Waals surface area contributed by atoms with Crippen LogP contribution in [0.2, 0.25) is 0 Å². The van der Waals surface area contributed by atoms with Crippen LogP contribution < -0.4 is 105 Å². The number of aliphatic imine (C=N–C) groups is 4. The summed E-state index contributed by atoms with van der Waals surface area (Å²) >= 11 is 0. The number of H-pyrrole nitrogens is 2. The van der Waals surface area contributed by atoms with Gasteiger partial charge in [0.2, 0.25) is 53.2 Å². The number of nitrogens with two attached hydrogens (primary N) is 10. The number of imidazole rings is 1. The van der Waals surface area contributed by atoms with E-state index in [0.29, 0.717) is 47.7 Å². The Bertz CT molecular complexity index is 3590. The molecule has 105 heavy (non-hydrogen) atoms. The van der Waals surface area contributed by atoms with Crippen LogP contribution in [0.1, 0.15) is 120 Å². The number of carbonyl (C=O) groups is 11. The Labute approximate surface area is 606 Å². The minimum atomic E-state index is -1.96. The summed E-state index contributed by atoms with van der Waals surface area (Å²) in [5.74, 6) is -12.3. The number of amides is 9. The number of carboxylic acids is 2. The number of aromatic amines is 2. The van der Waals surface area contributed by atoms with Crippen molar-refractivity contribution < 1.29 is 63.0 Å². The Morgan fingerprint density at radius 1 is 0.438 bits per heavy atom. The lowest BCUT2D eigenvalue weighted by molar-refractivity contribution is -0.142. The average Bonchev–Trinajstić information content (AvgIpc) is 1.74. The SMILES string of the molecule is CCCC[C@H](NC(=O)[C@H](CCCN=C(N)N)NC(=O)[C@H](CCCN=C(N)N)NC(=O)[C@@H](N)CCCN=C(N)N)C(=O)N[C@@H](CC(=O)O)C(=O)N[C@@H](Cc1cnc[nH]1)C(=O)N[C@@H](Cc1ccccc1)C(=O)N[C@@H](CCCN=C(N)N)C(=O)N[C@@H](Cc1c[nH]c2ccccc12)C(=O)N[C@@H](CCCCN)C(=O)O. The Morgan fingerprint density at radius 2 is 0.829 bits per heavy atom. The molecule has 0 aliphatic carbocycles. The summed E-state index contributed by atoms with van der Waals surface area (Å²) in [7, 11) is 0. The van der Waals surface area contributed by atoms with Crippen LogP contribution in [-0.4, -0.2) is 207 Å². The van der Waals surface area contributed by atoms with Crippen LogP contribution in [0.4, 0.5) is 0 Å². The predicted octanol–water partition coefficient (Wildman–Crippen LogP) is -5.30. The fourth-order valence-corrected chi connectivity index (χ4v) is 10.9. The highest BCUT2D eigenvalue weighted by molar-refractivity contribution is 6.00. The summed E-state index contributed by atoms with van der Waals surface area (Å²) in [6.07, 6.45) is 4.31. The number of aromatic nitrogens is 3. The van der Waals surface area contributed by atoms with Crippen molar-refractivity contribution in [2.75, 3.05) is 32.7 Å². The van der Waals surface area contributed by atoms with Crippen molar-refractivity contribution >= 4 is 99.8 Å². The van der Waals surface area contributed by atoms with Gasteiger partial charge in [0.05, 0.1) is 18.8 Å². The molecule has 0 radical (unpaired) electrons. The second-order valence-corrected chi connectivity index (χ2v) is 24.8. The summed E-state index contributed by atoms with van der Waals surface area (Å²) in [6, 6.07) is 0.605. The minimum absolute atomic E-state index is 0.0164. The van der Waals surface area contributed by atoms with Crippen molar-refractivity contribution in [1.82, 2.24) is 62.8 Å². The van der Waals surface area contributed by atoms with E-state index in [9.17, 15) is 63.0 Å². The molecule has 0 fully saturated rings. The second-order valence-electron chi connectivity index (χ2n) is 24.8. The smallest absolute Gasteiger partial charge is 0.326 e. The van der Waals surface area contributed by atoms with Gasteiger partial charge in [0.15, 0.2) is 23.8 Å². The number of carbonyl (C=O) groups excluding carboxylic acids is 9. The van der Waals surface area contributed by atoms with E-state index < -0.39 is 132 Å². The van der Waals surface area contributed by atoms with Gasteiger partial charge >= 0.3 is 11.9 Å². The summed E-state index contributed by atoms with van der Waals surface area (Å²) in [5, 5.41) is 44.6. The van der Waals surface area contributed by atoms with Crippen LogP contribution in [-0.2, 0) is 72.0 Å². The van der Waals surface area contributed by atoms with Crippen LogP contribution in [0.3, 0.4) is 0 Å². The first-order chi connectivity index (χ1) is 50.1. The molecule has 4 aromatic rings. The van der Waals surface area contributed by atoms with E-state index in [0.717, 1.165) is 0 Å². The van der Waals surface area contributed by atoms with Crippen molar-refractivity contribution in [3.05, 3.63) is 90.1 Å². The van der Waals surface area contributed by atoms with Crippen LogP contribution in [0.5, 0.6) is 0 Å². The minimum Gasteiger partial charge on any atom is -0.481 e. The van der Waals surface area contributed by atoms with Gasteiger partial charge in [0.1, 0.15) is 54.4 Å². The van der Waals surface area contributed by atoms with Crippen LogP contribution in [0.25, 0.3) is 10.9 Å². The van der Waals surface area contributed by atoms with E-state index in [1.54, 1.807) is 67.7 Å². The number of para-hydroxylation sites is 1. The Kier molecular flexibility index (Phi) is 37.6. The molecule has 2 aromatic carbocycles. The molecule has 0 unspecified atom stereocenters. The van der Waals surface area contributed by atoms with Gasteiger partial charge in [-0.25, -0.2) is 9.78 Å². The third-order valence-electron chi connectivity index (χ3n) is 16.4. The number of benzene rings is 2. The number of guanidine groups is 4. The molecule has 4 rings (SSSR count). The highest BCUT2D eigenvalue weighted by Crippen LogP contribution is 2.20. The van der Waals surface area contributed by atoms with Crippen LogP contribution in [0.15, 0.2) is 93.3 Å². The third kappa shape index (κ3) is 32.5. The van der Waals surface area contributed by atoms with E-state index >= 15 is 0 Å². The van der Waals surface area contributed by atoms with Gasteiger partial charge in [-0.05, 0) is 101 Å². The molecule has 2 aromatic heterocycles. The molecule has 0 bridgehead atoms. The van der Waals surface area contributed by atoms with Crippen LogP contribution >= 0.6 is 0 Å². The highest BCUT2D eigenvalue weighted by atomic mass is 16.4. The van der Waals surface area contributed by atoms with E-state index in [1.165, 1.54) is 12.5 Å². The first-order valence-electron chi connectivity index (χ1n) is 34.5. The predicted molar refractivity (Wildman–Crippen MR) is 392 cm³/mol. The van der Waals surface area contributed by atoms with Crippen molar-refractivity contribution in [2.45, 2.75) is 183 Å². The number of aliphatic carboxylic acids is 2. The average molecular weight is 1470 g/mol. The zero-order chi connectivity index (χ0) is 77.4. The molecule has 2 heterocycles. The fourth-order valence-electron chi connectivity index (χ4n) is 10.9. The van der Waals surface area contributed by atoms with Crippen molar-refractivity contribution in [1.29, 1.82) is 0 Å². The first-order valence-corrected chi connectivity index (χ1v) is 34.5. The Morgan fingerprint density at radius 3 is 1.28 bits per heavy atom. The second kappa shape index (κ2) is 46.1. The lowest BCUT2D eigenvalue weighted by Crippen LogP contribution is -2.61. The van der Waals surface area contributed by atoms with E-state index in [1.807, 2.05) is 0 Å². The monoisotopic (exact) mass is 1470 g/mol. The molecule has 0 saturated carbocycles. The molecule has 0 spiro atoms. The van der Waals surface area contributed by atoms with E-state index in [-0.39, 0.29) is 146 Å². The standard InChI is InChI=1S/C66H104N26O13/c1-2-3-19-43(85-55(97)45(23-13-28-80-65(73)74)86-54(96)44(22-12-27-79-64(71)72)84-53(95)41(68)18-11-26-78-63(69)70)56(98)92-51(33-52(93)94)61(103)91-50(32-39-35-77-36-83-39)60(102)89-48(30-37-15-5-4-6-16-37)58(100)87-46(24-14-29-81-66(75)76)57(99)90-49(31-38-34-82-42-20-8-7-17-40(38)42)59(101)88-47(62(104)105)21-9-10-25-67/h4-8,15-17,20,34-36,41,43-51,82H,2-3,9-14,18-19,21-33,67-68H2,1H3,(H,77,83)(H,84,95)(H,85,97)(H,86,96)(H,87,100)(H,88,101)(H,89,102)(H,90,99)(H,91,103)(H,92,98)(H,93,94)(H,104,105)(H4,69,70,78)(H4,71,72,79)(H4,73,74,80)(H4,75,76,81)/t41-,43-,44-,45-,46-,47-,48-,49-,50-,51-/m0/s1. The molecule has 33 N–H and O–H groups in total. The van der Waals surface area contributed by atoms with Gasteiger partial charge < -0.3 is 125 Å². The molecule has 0 aliphatic heterocycles. The Hall–Kier alpha value is -11.6. The molecule has 576 valence electrons. The van der Waals surface area contributed by atoms with Crippen molar-refractivity contribution in [2.24, 2.45) is 77.3 Å². The van der Waals surface area contributed by atoms with Gasteiger partial charge in [-0.1, -0.05) is 68.3 Å². The summed E-state index contributed by atoms with van der Waals surface area (Å²) in [5.41, 5.74) is 58.1. The summed E-state index contributed by atoms with van der Waals surface area (Å²) in [6.45, 7) is 2.24. The largest absolute Gasteiger partial charge is 0.481 e. The maximum Gasteiger partial charge on any atom is 0.326 e. The zero-order valence-corrected chi connectivity index (χ0v) is 58.9. The number of carboxylic acid groups (broad SMARTS) is 2. The topological polar surface area (TPSA) is 691 Å². The molecule has 10 atom stereocenters. The van der Waals surface area contributed by atoms with Gasteiger partial charge in [-0.3, -0.25) is 67.9 Å². The molecular formula is C66H104N26O13. The number of hydrogen-bond acceptors (Lipinski definition) is 18. The number of nitrogens with one attached hydrogen (secondary N) is 11. The van der Waals surface area contributed by atoms with Crippen molar-refractivity contribution in [3.63, 3.8) is 0 Å². The van der Waals surface area contributed by atoms with Gasteiger partial charge in [0, 0.05) is 74.4 Å². The lowest BCUT2D eigenvalue weighted by atomic mass is 10.0. The summed E-state index contributed by atoms with van der Waals surface area (Å²) < 4.78 is 0. The number of unbranched alkanes of at least 4 members (excludes halogenated alkanes) is 2. The van der Waals surface area contributed by atoms with E-state index in [4.69, 9.17) is 57.3 Å². The van der Waals surface area contributed by atoms with Gasteiger partial charge in [-0.2, -0.15) is 0 Å². The van der Waals surface area contributed by atoms with Gasteiger partial charge in [0.25, 0.3) is 0 Å². The molecule has 39 heteroatoms. The lowest BCUT2D eigenvalue weighted by Gasteiger charge is -2.28. The Balaban J connectivity index is 1.68. The highest BCUT2D eigenvalue weighted by Gasteiger charge is 2.37. The zero-order valence-electron chi connectivity index (χ0n) is 58.9. The molecule has 39 nitrogen and oxygen atoms in total. The van der Waals surface area contributed by atoms with Crippen molar-refractivity contribution in [3.8, 4) is 0 Å². The molecule has 0 aliphatic rings. The number of fused-ring (bicyclic) bond motifs is 1. The number of rotatable bonds is 50. The molecular weight excluding hydrogens is 1360 g/mol. The first kappa shape index (κ1) is 85.8. The van der Waals surface area contributed by atoms with Crippen LogP contribution in [0, 0.1) is 0 Å². The molecule has 9 amide bonds. The maximum atomic E-state index is 15.0.